The first-order chi connectivity index (χ1) is 11.1. The van der Waals surface area contributed by atoms with E-state index >= 15 is 0 Å². The van der Waals surface area contributed by atoms with Crippen LogP contribution in [0.3, 0.4) is 0 Å². The van der Waals surface area contributed by atoms with E-state index in [9.17, 15) is 0 Å². The first-order valence-electron chi connectivity index (χ1n) is 8.12. The molecule has 3 rings (SSSR count). The monoisotopic (exact) mass is 314 g/mol. The minimum atomic E-state index is 0.423. The van der Waals surface area contributed by atoms with Crippen LogP contribution < -0.4 is 4.74 Å². The Labute approximate surface area is 138 Å². The summed E-state index contributed by atoms with van der Waals surface area (Å²) in [4.78, 5) is 4.97. The van der Waals surface area contributed by atoms with E-state index < -0.39 is 0 Å². The molecule has 1 fully saturated rings. The van der Waals surface area contributed by atoms with Crippen molar-refractivity contribution in [2.24, 2.45) is 7.05 Å². The summed E-state index contributed by atoms with van der Waals surface area (Å²) in [6, 6.07) is 8.88. The lowest BCUT2D eigenvalue weighted by Crippen LogP contribution is -2.46. The number of piperazine rings is 1. The highest BCUT2D eigenvalue weighted by Crippen LogP contribution is 2.26. The van der Waals surface area contributed by atoms with Gasteiger partial charge < -0.3 is 4.74 Å². The van der Waals surface area contributed by atoms with E-state index in [2.05, 4.69) is 41.0 Å². The highest BCUT2D eigenvalue weighted by Gasteiger charge is 2.26. The van der Waals surface area contributed by atoms with Crippen molar-refractivity contribution in [3.8, 4) is 5.75 Å². The second-order valence-electron chi connectivity index (χ2n) is 6.38. The van der Waals surface area contributed by atoms with Crippen LogP contribution in [0.1, 0.15) is 22.9 Å². The SMILES string of the molecule is COc1ccc([C@@H]2CN(Cc3cnn(C)c3C)CCN2C)cc1. The number of aryl methyl sites for hydroxylation is 1. The van der Waals surface area contributed by atoms with Crippen molar-refractivity contribution in [2.45, 2.75) is 19.5 Å². The molecule has 23 heavy (non-hydrogen) atoms. The molecule has 2 heterocycles. The van der Waals surface area contributed by atoms with Gasteiger partial charge >= 0.3 is 0 Å². The fourth-order valence-corrected chi connectivity index (χ4v) is 3.20. The van der Waals surface area contributed by atoms with Gasteiger partial charge in [0.05, 0.1) is 13.3 Å². The minimum absolute atomic E-state index is 0.423. The van der Waals surface area contributed by atoms with Gasteiger partial charge in [0.25, 0.3) is 0 Å². The van der Waals surface area contributed by atoms with E-state index in [0.29, 0.717) is 6.04 Å². The third kappa shape index (κ3) is 3.41. The first-order valence-corrected chi connectivity index (χ1v) is 8.12. The second-order valence-corrected chi connectivity index (χ2v) is 6.38. The molecule has 1 aliphatic rings. The zero-order chi connectivity index (χ0) is 16.4. The van der Waals surface area contributed by atoms with Crippen molar-refractivity contribution >= 4 is 0 Å². The van der Waals surface area contributed by atoms with Crippen LogP contribution in [0.15, 0.2) is 30.5 Å². The largest absolute Gasteiger partial charge is 0.497 e. The molecule has 1 aliphatic heterocycles. The first kappa shape index (κ1) is 16.0. The topological polar surface area (TPSA) is 33.5 Å². The van der Waals surface area contributed by atoms with Gasteiger partial charge in [-0.15, -0.1) is 0 Å². The van der Waals surface area contributed by atoms with Crippen molar-refractivity contribution in [1.29, 1.82) is 0 Å². The van der Waals surface area contributed by atoms with Crippen molar-refractivity contribution < 1.29 is 4.74 Å². The Hall–Kier alpha value is -1.85. The molecule has 1 aromatic heterocycles. The quantitative estimate of drug-likeness (QED) is 0.866. The van der Waals surface area contributed by atoms with Crippen molar-refractivity contribution in [2.75, 3.05) is 33.8 Å². The van der Waals surface area contributed by atoms with Crippen molar-refractivity contribution in [1.82, 2.24) is 19.6 Å². The molecule has 0 spiro atoms. The van der Waals surface area contributed by atoms with E-state index in [1.165, 1.54) is 16.8 Å². The molecule has 5 heteroatoms. The molecule has 124 valence electrons. The summed E-state index contributed by atoms with van der Waals surface area (Å²) < 4.78 is 7.22. The average Bonchev–Trinajstić information content (AvgIpc) is 2.89. The van der Waals surface area contributed by atoms with E-state index in [-0.39, 0.29) is 0 Å². The zero-order valence-electron chi connectivity index (χ0n) is 14.5. The summed E-state index contributed by atoms with van der Waals surface area (Å²) in [5, 5.41) is 4.36. The van der Waals surface area contributed by atoms with Gasteiger partial charge in [-0.3, -0.25) is 14.5 Å². The Morgan fingerprint density at radius 2 is 1.91 bits per heavy atom. The number of nitrogens with zero attached hydrogens (tertiary/aromatic N) is 4. The molecule has 0 radical (unpaired) electrons. The molecule has 1 atom stereocenters. The van der Waals surface area contributed by atoms with Crippen LogP contribution in [0, 0.1) is 6.92 Å². The lowest BCUT2D eigenvalue weighted by molar-refractivity contribution is 0.0903. The zero-order valence-corrected chi connectivity index (χ0v) is 14.5. The molecular formula is C18H26N4O. The molecule has 5 nitrogen and oxygen atoms in total. The summed E-state index contributed by atoms with van der Waals surface area (Å²) in [5.74, 6) is 0.912. The molecule has 1 saturated heterocycles. The summed E-state index contributed by atoms with van der Waals surface area (Å²) in [5.41, 5.74) is 3.93. The van der Waals surface area contributed by atoms with Crippen molar-refractivity contribution in [3.05, 3.63) is 47.3 Å². The summed E-state index contributed by atoms with van der Waals surface area (Å²) in [6.07, 6.45) is 2.00. The summed E-state index contributed by atoms with van der Waals surface area (Å²) >= 11 is 0. The standard InChI is InChI=1S/C18H26N4O/c1-14-16(11-19-21(14)3)12-22-10-9-20(2)18(13-22)15-5-7-17(23-4)8-6-15/h5-8,11,18H,9-10,12-13H2,1-4H3/t18-/m0/s1. The van der Waals surface area contributed by atoms with E-state index in [1.54, 1.807) is 7.11 Å². The van der Waals surface area contributed by atoms with Crippen LogP contribution in [0.2, 0.25) is 0 Å². The minimum Gasteiger partial charge on any atom is -0.497 e. The number of hydrogen-bond donors (Lipinski definition) is 0. The van der Waals surface area contributed by atoms with Crippen LogP contribution in [0.4, 0.5) is 0 Å². The Morgan fingerprint density at radius 1 is 1.17 bits per heavy atom. The van der Waals surface area contributed by atoms with E-state index in [0.717, 1.165) is 31.9 Å². The Bertz CT molecular complexity index is 650. The predicted molar refractivity (Wildman–Crippen MR) is 91.6 cm³/mol. The van der Waals surface area contributed by atoms with Crippen LogP contribution in [0.5, 0.6) is 5.75 Å². The molecular weight excluding hydrogens is 288 g/mol. The van der Waals surface area contributed by atoms with Gasteiger partial charge in [-0.2, -0.15) is 5.10 Å². The lowest BCUT2D eigenvalue weighted by atomic mass is 10.0. The summed E-state index contributed by atoms with van der Waals surface area (Å²) in [6.45, 7) is 6.32. The van der Waals surface area contributed by atoms with E-state index in [1.807, 2.05) is 30.1 Å². The molecule has 0 unspecified atom stereocenters. The number of aromatic nitrogens is 2. The maximum atomic E-state index is 5.27. The number of likely N-dealkylation sites (N-methyl/N-ethyl adjacent to an activating group) is 1. The maximum absolute atomic E-state index is 5.27. The molecule has 0 saturated carbocycles. The Kier molecular flexibility index (Phi) is 4.68. The van der Waals surface area contributed by atoms with Crippen LogP contribution in [0.25, 0.3) is 0 Å². The maximum Gasteiger partial charge on any atom is 0.118 e. The third-order valence-electron chi connectivity index (χ3n) is 4.96. The molecule has 0 amide bonds. The van der Waals surface area contributed by atoms with Gasteiger partial charge in [0.1, 0.15) is 5.75 Å². The fraction of sp³-hybridized carbons (Fsp3) is 0.500. The number of rotatable bonds is 4. The summed E-state index contributed by atoms with van der Waals surface area (Å²) in [7, 11) is 5.92. The number of ether oxygens (including phenoxy) is 1. The van der Waals surface area contributed by atoms with Gasteiger partial charge in [0, 0.05) is 50.5 Å². The highest BCUT2D eigenvalue weighted by atomic mass is 16.5. The average molecular weight is 314 g/mol. The predicted octanol–water partition coefficient (Wildman–Crippen LogP) is 2.23. The molecule has 1 aromatic carbocycles. The Balaban J connectivity index is 1.72. The molecule has 0 aliphatic carbocycles. The Morgan fingerprint density at radius 3 is 2.52 bits per heavy atom. The van der Waals surface area contributed by atoms with Gasteiger partial charge in [-0.1, -0.05) is 12.1 Å². The normalized spacial score (nSPS) is 19.9. The number of methoxy groups -OCH3 is 1. The van der Waals surface area contributed by atoms with Crippen LogP contribution in [-0.2, 0) is 13.6 Å². The smallest absolute Gasteiger partial charge is 0.118 e. The fourth-order valence-electron chi connectivity index (χ4n) is 3.20. The molecule has 0 bridgehead atoms. The van der Waals surface area contributed by atoms with Gasteiger partial charge in [-0.05, 0) is 31.7 Å². The van der Waals surface area contributed by atoms with Gasteiger partial charge in [0.2, 0.25) is 0 Å². The van der Waals surface area contributed by atoms with Crippen molar-refractivity contribution in [3.63, 3.8) is 0 Å². The lowest BCUT2D eigenvalue weighted by Gasteiger charge is -2.39. The molecule has 2 aromatic rings. The number of hydrogen-bond acceptors (Lipinski definition) is 4. The third-order valence-corrected chi connectivity index (χ3v) is 4.96. The van der Waals surface area contributed by atoms with Crippen LogP contribution >= 0.6 is 0 Å². The highest BCUT2D eigenvalue weighted by molar-refractivity contribution is 5.29. The van der Waals surface area contributed by atoms with Crippen LogP contribution in [-0.4, -0.2) is 53.4 Å². The van der Waals surface area contributed by atoms with Gasteiger partial charge in [0.15, 0.2) is 0 Å². The van der Waals surface area contributed by atoms with Gasteiger partial charge in [-0.25, -0.2) is 0 Å². The second kappa shape index (κ2) is 6.72. The molecule has 0 N–H and O–H groups in total. The van der Waals surface area contributed by atoms with E-state index in [4.69, 9.17) is 4.74 Å². The number of benzene rings is 1.